The molecular weight excluding hydrogens is 204 g/mol. The summed E-state index contributed by atoms with van der Waals surface area (Å²) in [6, 6.07) is 0.439. The van der Waals surface area contributed by atoms with Crippen molar-refractivity contribution in [2.45, 2.75) is 32.9 Å². The van der Waals surface area contributed by atoms with Gasteiger partial charge in [-0.1, -0.05) is 13.8 Å². The minimum Gasteiger partial charge on any atom is -0.389 e. The Kier molecular flexibility index (Phi) is 7.15. The smallest absolute Gasteiger partial charge is 0.0899 e. The Labute approximate surface area is 100.0 Å². The van der Waals surface area contributed by atoms with Crippen molar-refractivity contribution in [1.82, 2.24) is 10.2 Å². The highest BCUT2D eigenvalue weighted by Crippen LogP contribution is 2.21. The fourth-order valence-corrected chi connectivity index (χ4v) is 1.89. The number of aliphatic hydroxyl groups is 1. The van der Waals surface area contributed by atoms with E-state index in [1.807, 2.05) is 14.1 Å². The van der Waals surface area contributed by atoms with Crippen molar-refractivity contribution in [3.8, 4) is 0 Å². The SMILES string of the molecule is CNC(C)C(C)(C)CN(C)CC(O)COC. The number of rotatable bonds is 8. The van der Waals surface area contributed by atoms with Crippen LogP contribution in [0.15, 0.2) is 0 Å². The maximum absolute atomic E-state index is 9.63. The third-order valence-electron chi connectivity index (χ3n) is 3.16. The second-order valence-electron chi connectivity index (χ2n) is 5.30. The maximum atomic E-state index is 9.63. The molecule has 0 bridgehead atoms. The molecule has 0 aromatic rings. The van der Waals surface area contributed by atoms with Crippen molar-refractivity contribution in [2.24, 2.45) is 5.41 Å². The molecule has 4 nitrogen and oxygen atoms in total. The van der Waals surface area contributed by atoms with Gasteiger partial charge in [-0.15, -0.1) is 0 Å². The van der Waals surface area contributed by atoms with Crippen molar-refractivity contribution in [3.05, 3.63) is 0 Å². The Morgan fingerprint density at radius 2 is 2.00 bits per heavy atom. The van der Waals surface area contributed by atoms with Gasteiger partial charge in [-0.3, -0.25) is 0 Å². The highest BCUT2D eigenvalue weighted by molar-refractivity contribution is 4.82. The summed E-state index contributed by atoms with van der Waals surface area (Å²) in [5, 5.41) is 12.9. The van der Waals surface area contributed by atoms with Crippen molar-refractivity contribution < 1.29 is 9.84 Å². The molecule has 0 heterocycles. The molecule has 0 rings (SSSR count). The zero-order chi connectivity index (χ0) is 12.8. The van der Waals surface area contributed by atoms with Crippen LogP contribution in [0.25, 0.3) is 0 Å². The first kappa shape index (κ1) is 15.8. The molecule has 0 aromatic carbocycles. The van der Waals surface area contributed by atoms with Crippen LogP contribution in [0.3, 0.4) is 0 Å². The highest BCUT2D eigenvalue weighted by atomic mass is 16.5. The van der Waals surface area contributed by atoms with Crippen LogP contribution in [0.2, 0.25) is 0 Å². The zero-order valence-corrected chi connectivity index (χ0v) is 11.6. The van der Waals surface area contributed by atoms with Crippen LogP contribution < -0.4 is 5.32 Å². The van der Waals surface area contributed by atoms with E-state index in [0.29, 0.717) is 19.2 Å². The van der Waals surface area contributed by atoms with Gasteiger partial charge < -0.3 is 20.1 Å². The van der Waals surface area contributed by atoms with Gasteiger partial charge in [0.15, 0.2) is 0 Å². The van der Waals surface area contributed by atoms with Gasteiger partial charge in [0.25, 0.3) is 0 Å². The molecule has 0 spiro atoms. The second-order valence-corrected chi connectivity index (χ2v) is 5.30. The van der Waals surface area contributed by atoms with E-state index in [1.54, 1.807) is 7.11 Å². The van der Waals surface area contributed by atoms with Crippen molar-refractivity contribution in [2.75, 3.05) is 40.9 Å². The van der Waals surface area contributed by atoms with E-state index in [1.165, 1.54) is 0 Å². The van der Waals surface area contributed by atoms with E-state index in [4.69, 9.17) is 4.74 Å². The van der Waals surface area contributed by atoms with Gasteiger partial charge in [0, 0.05) is 26.2 Å². The molecule has 98 valence electrons. The molecule has 2 N–H and O–H groups in total. The summed E-state index contributed by atoms with van der Waals surface area (Å²) in [5.74, 6) is 0. The molecule has 0 aliphatic rings. The number of ether oxygens (including phenoxy) is 1. The summed E-state index contributed by atoms with van der Waals surface area (Å²) in [5.41, 5.74) is 0.177. The first-order valence-corrected chi connectivity index (χ1v) is 5.86. The monoisotopic (exact) mass is 232 g/mol. The molecule has 0 radical (unpaired) electrons. The molecular formula is C12H28N2O2. The maximum Gasteiger partial charge on any atom is 0.0899 e. The number of aliphatic hydroxyl groups excluding tert-OH is 1. The molecule has 0 aromatic heterocycles. The summed E-state index contributed by atoms with van der Waals surface area (Å²) in [6.07, 6.45) is -0.407. The average molecular weight is 232 g/mol. The molecule has 0 fully saturated rings. The van der Waals surface area contributed by atoms with E-state index in [-0.39, 0.29) is 5.41 Å². The fourth-order valence-electron chi connectivity index (χ4n) is 1.89. The predicted octanol–water partition coefficient (Wildman–Crippen LogP) is 0.560. The van der Waals surface area contributed by atoms with Gasteiger partial charge in [0.1, 0.15) is 0 Å². The lowest BCUT2D eigenvalue weighted by molar-refractivity contribution is 0.0335. The molecule has 2 unspecified atom stereocenters. The van der Waals surface area contributed by atoms with Gasteiger partial charge in [-0.2, -0.15) is 0 Å². The average Bonchev–Trinajstić information content (AvgIpc) is 2.15. The highest BCUT2D eigenvalue weighted by Gasteiger charge is 2.26. The third-order valence-corrected chi connectivity index (χ3v) is 3.16. The number of likely N-dealkylation sites (N-methyl/N-ethyl adjacent to an activating group) is 1. The number of hydrogen-bond acceptors (Lipinski definition) is 4. The largest absolute Gasteiger partial charge is 0.389 e. The molecule has 0 aliphatic heterocycles. The minimum atomic E-state index is -0.407. The van der Waals surface area contributed by atoms with Gasteiger partial charge >= 0.3 is 0 Å². The fraction of sp³-hybridized carbons (Fsp3) is 1.00. The van der Waals surface area contributed by atoms with Crippen LogP contribution in [-0.4, -0.2) is 63.1 Å². The standard InChI is InChI=1S/C12H28N2O2/c1-10(13-4)12(2,3)9-14(5)7-11(15)8-16-6/h10-11,13,15H,7-9H2,1-6H3. The van der Waals surface area contributed by atoms with Gasteiger partial charge in [-0.25, -0.2) is 0 Å². The molecule has 0 aliphatic carbocycles. The Morgan fingerprint density at radius 1 is 1.44 bits per heavy atom. The quantitative estimate of drug-likeness (QED) is 0.642. The molecule has 0 saturated heterocycles. The first-order chi connectivity index (χ1) is 7.33. The number of hydrogen-bond donors (Lipinski definition) is 2. The Hall–Kier alpha value is -0.160. The zero-order valence-electron chi connectivity index (χ0n) is 11.6. The van der Waals surface area contributed by atoms with Crippen LogP contribution in [-0.2, 0) is 4.74 Å². The summed E-state index contributed by atoms with van der Waals surface area (Å²) in [7, 11) is 5.62. The summed E-state index contributed by atoms with van der Waals surface area (Å²) in [6.45, 7) is 8.62. The summed E-state index contributed by atoms with van der Waals surface area (Å²) < 4.78 is 4.91. The Balaban J connectivity index is 4.07. The molecule has 16 heavy (non-hydrogen) atoms. The predicted molar refractivity (Wildman–Crippen MR) is 67.7 cm³/mol. The number of methoxy groups -OCH3 is 1. The van der Waals surface area contributed by atoms with Crippen LogP contribution in [0.1, 0.15) is 20.8 Å². The van der Waals surface area contributed by atoms with E-state index in [0.717, 1.165) is 6.54 Å². The minimum absolute atomic E-state index is 0.177. The molecule has 2 atom stereocenters. The van der Waals surface area contributed by atoms with Gasteiger partial charge in [0.2, 0.25) is 0 Å². The molecule has 0 amide bonds. The van der Waals surface area contributed by atoms with Crippen LogP contribution in [0.4, 0.5) is 0 Å². The van der Waals surface area contributed by atoms with E-state index >= 15 is 0 Å². The lowest BCUT2D eigenvalue weighted by atomic mass is 9.85. The van der Waals surface area contributed by atoms with Gasteiger partial charge in [0.05, 0.1) is 12.7 Å². The molecule has 0 saturated carbocycles. The number of nitrogens with zero attached hydrogens (tertiary/aromatic N) is 1. The van der Waals surface area contributed by atoms with Crippen LogP contribution >= 0.6 is 0 Å². The normalized spacial score (nSPS) is 16.5. The summed E-state index contributed by atoms with van der Waals surface area (Å²) in [4.78, 5) is 2.15. The van der Waals surface area contributed by atoms with E-state index in [2.05, 4.69) is 31.0 Å². The molecule has 4 heteroatoms. The topological polar surface area (TPSA) is 44.7 Å². The second kappa shape index (κ2) is 7.22. The van der Waals surface area contributed by atoms with Crippen molar-refractivity contribution in [3.63, 3.8) is 0 Å². The third kappa shape index (κ3) is 5.80. The Bertz CT molecular complexity index is 186. The lowest BCUT2D eigenvalue weighted by Gasteiger charge is -2.36. The van der Waals surface area contributed by atoms with Crippen LogP contribution in [0.5, 0.6) is 0 Å². The van der Waals surface area contributed by atoms with Crippen molar-refractivity contribution in [1.29, 1.82) is 0 Å². The Morgan fingerprint density at radius 3 is 2.44 bits per heavy atom. The lowest BCUT2D eigenvalue weighted by Crippen LogP contribution is -2.46. The summed E-state index contributed by atoms with van der Waals surface area (Å²) >= 11 is 0. The van der Waals surface area contributed by atoms with Crippen molar-refractivity contribution >= 4 is 0 Å². The van der Waals surface area contributed by atoms with Crippen LogP contribution in [0, 0.1) is 5.41 Å². The number of nitrogens with one attached hydrogen (secondary N) is 1. The first-order valence-electron chi connectivity index (χ1n) is 5.86. The van der Waals surface area contributed by atoms with E-state index in [9.17, 15) is 5.11 Å². The van der Waals surface area contributed by atoms with Gasteiger partial charge in [-0.05, 0) is 26.4 Å². The van der Waals surface area contributed by atoms with E-state index < -0.39 is 6.10 Å².